The summed E-state index contributed by atoms with van der Waals surface area (Å²) in [7, 11) is 1.55. The maximum Gasteiger partial charge on any atom is 0.168 e. The lowest BCUT2D eigenvalue weighted by Crippen LogP contribution is -1.97. The van der Waals surface area contributed by atoms with Gasteiger partial charge in [-0.25, -0.2) is 0 Å². The number of halogens is 1. The molecule has 0 fully saturated rings. The van der Waals surface area contributed by atoms with E-state index < -0.39 is 0 Å². The number of carbonyl (C=O) groups is 1. The van der Waals surface area contributed by atoms with Gasteiger partial charge in [0.15, 0.2) is 6.29 Å². The number of rotatable bonds is 3. The second-order valence-electron chi connectivity index (χ2n) is 2.25. The zero-order valence-corrected chi connectivity index (χ0v) is 7.34. The summed E-state index contributed by atoms with van der Waals surface area (Å²) >= 11 is 5.68. The molecule has 0 bridgehead atoms. The molecule has 0 aromatic carbocycles. The van der Waals surface area contributed by atoms with E-state index in [1.165, 1.54) is 6.20 Å². The van der Waals surface area contributed by atoms with E-state index in [-0.39, 0.29) is 0 Å². The van der Waals surface area contributed by atoms with Crippen LogP contribution in [-0.4, -0.2) is 18.4 Å². The predicted molar refractivity (Wildman–Crippen MR) is 45.3 cm³/mol. The van der Waals surface area contributed by atoms with E-state index in [0.717, 1.165) is 0 Å². The van der Waals surface area contributed by atoms with Gasteiger partial charge in [0, 0.05) is 18.9 Å². The van der Waals surface area contributed by atoms with Gasteiger partial charge in [-0.3, -0.25) is 9.78 Å². The highest BCUT2D eigenvalue weighted by Gasteiger charge is 2.02. The molecule has 0 spiro atoms. The van der Waals surface area contributed by atoms with E-state index in [9.17, 15) is 4.79 Å². The van der Waals surface area contributed by atoms with Gasteiger partial charge in [-0.05, 0) is 6.07 Å². The Bertz CT molecular complexity index is 288. The van der Waals surface area contributed by atoms with Crippen molar-refractivity contribution in [2.75, 3.05) is 7.11 Å². The minimum absolute atomic E-state index is 0.349. The molecule has 0 aliphatic heterocycles. The molecule has 0 saturated heterocycles. The highest BCUT2D eigenvalue weighted by atomic mass is 35.5. The molecule has 0 N–H and O–H groups in total. The van der Waals surface area contributed by atoms with E-state index in [1.54, 1.807) is 13.2 Å². The molecule has 0 aliphatic carbocycles. The normalized spacial score (nSPS) is 9.83. The van der Waals surface area contributed by atoms with Gasteiger partial charge in [0.1, 0.15) is 5.69 Å². The summed E-state index contributed by atoms with van der Waals surface area (Å²) < 4.78 is 4.87. The van der Waals surface area contributed by atoms with Crippen LogP contribution in [0.5, 0.6) is 0 Å². The molecule has 3 nitrogen and oxygen atoms in total. The van der Waals surface area contributed by atoms with Gasteiger partial charge in [0.2, 0.25) is 0 Å². The summed E-state index contributed by atoms with van der Waals surface area (Å²) in [4.78, 5) is 14.3. The molecular formula is C8H8ClNO2. The first-order valence-electron chi connectivity index (χ1n) is 3.36. The molecule has 0 atom stereocenters. The number of hydrogen-bond acceptors (Lipinski definition) is 3. The Balaban J connectivity index is 3.03. The van der Waals surface area contributed by atoms with Crippen molar-refractivity contribution < 1.29 is 9.53 Å². The van der Waals surface area contributed by atoms with Gasteiger partial charge in [-0.2, -0.15) is 0 Å². The zero-order valence-electron chi connectivity index (χ0n) is 6.58. The number of pyridine rings is 1. The molecule has 12 heavy (non-hydrogen) atoms. The second kappa shape index (κ2) is 4.18. The lowest BCUT2D eigenvalue weighted by Gasteiger charge is -2.01. The van der Waals surface area contributed by atoms with Gasteiger partial charge in [-0.15, -0.1) is 0 Å². The highest BCUT2D eigenvalue weighted by molar-refractivity contribution is 6.30. The van der Waals surface area contributed by atoms with Gasteiger partial charge in [0.25, 0.3) is 0 Å². The van der Waals surface area contributed by atoms with Crippen molar-refractivity contribution in [3.8, 4) is 0 Å². The van der Waals surface area contributed by atoms with Crippen LogP contribution in [0.15, 0.2) is 12.3 Å². The van der Waals surface area contributed by atoms with E-state index in [4.69, 9.17) is 16.3 Å². The Morgan fingerprint density at radius 2 is 2.50 bits per heavy atom. The smallest absolute Gasteiger partial charge is 0.168 e. The summed E-state index contributed by atoms with van der Waals surface area (Å²) in [6, 6.07) is 1.67. The van der Waals surface area contributed by atoms with Gasteiger partial charge in [-0.1, -0.05) is 11.6 Å². The largest absolute Gasteiger partial charge is 0.380 e. The Kier molecular flexibility index (Phi) is 3.19. The summed E-state index contributed by atoms with van der Waals surface area (Å²) in [6.07, 6.45) is 2.12. The summed E-state index contributed by atoms with van der Waals surface area (Å²) in [6.45, 7) is 0.349. The third-order valence-electron chi connectivity index (χ3n) is 1.38. The van der Waals surface area contributed by atoms with Crippen LogP contribution >= 0.6 is 11.6 Å². The fourth-order valence-electron chi connectivity index (χ4n) is 0.869. The highest BCUT2D eigenvalue weighted by Crippen LogP contribution is 2.12. The first-order valence-corrected chi connectivity index (χ1v) is 3.74. The topological polar surface area (TPSA) is 39.2 Å². The van der Waals surface area contributed by atoms with Crippen LogP contribution < -0.4 is 0 Å². The molecule has 1 rings (SSSR count). The van der Waals surface area contributed by atoms with Gasteiger partial charge >= 0.3 is 0 Å². The van der Waals surface area contributed by atoms with Crippen LogP contribution in [0.3, 0.4) is 0 Å². The molecule has 1 aromatic rings. The molecule has 0 radical (unpaired) electrons. The Hall–Kier alpha value is -0.930. The third kappa shape index (κ3) is 2.03. The number of aldehydes is 1. The first-order chi connectivity index (χ1) is 5.77. The van der Waals surface area contributed by atoms with E-state index in [2.05, 4.69) is 4.98 Å². The van der Waals surface area contributed by atoms with Crippen molar-refractivity contribution in [1.82, 2.24) is 4.98 Å². The Morgan fingerprint density at radius 3 is 3.08 bits per heavy atom. The van der Waals surface area contributed by atoms with Gasteiger partial charge < -0.3 is 4.74 Å². The summed E-state index contributed by atoms with van der Waals surface area (Å²) in [5.41, 5.74) is 1.08. The lowest BCUT2D eigenvalue weighted by molar-refractivity contribution is 0.111. The Labute approximate surface area is 75.3 Å². The number of nitrogens with zero attached hydrogens (tertiary/aromatic N) is 1. The standard InChI is InChI=1S/C8H8ClNO2/c1-12-5-6-2-7(9)3-10-8(6)4-11/h2-4H,5H2,1H3. The van der Waals surface area contributed by atoms with Crippen LogP contribution in [0.2, 0.25) is 5.02 Å². The molecule has 0 saturated carbocycles. The van der Waals surface area contributed by atoms with Crippen LogP contribution in [0.4, 0.5) is 0 Å². The quantitative estimate of drug-likeness (QED) is 0.673. The molecule has 0 amide bonds. The maximum absolute atomic E-state index is 10.5. The molecule has 1 aromatic heterocycles. The predicted octanol–water partition coefficient (Wildman–Crippen LogP) is 1.69. The maximum atomic E-state index is 10.5. The fourth-order valence-corrected chi connectivity index (χ4v) is 1.05. The van der Waals surface area contributed by atoms with Crippen molar-refractivity contribution in [2.45, 2.75) is 6.61 Å². The zero-order chi connectivity index (χ0) is 8.97. The van der Waals surface area contributed by atoms with Crippen LogP contribution in [0.25, 0.3) is 0 Å². The monoisotopic (exact) mass is 185 g/mol. The average Bonchev–Trinajstić information content (AvgIpc) is 2.05. The third-order valence-corrected chi connectivity index (χ3v) is 1.59. The van der Waals surface area contributed by atoms with Crippen LogP contribution in [0, 0.1) is 0 Å². The number of hydrogen-bond donors (Lipinski definition) is 0. The second-order valence-corrected chi connectivity index (χ2v) is 2.69. The summed E-state index contributed by atoms with van der Waals surface area (Å²) in [5.74, 6) is 0. The van der Waals surface area contributed by atoms with E-state index >= 15 is 0 Å². The minimum Gasteiger partial charge on any atom is -0.380 e. The minimum atomic E-state index is 0.349. The molecule has 0 unspecified atom stereocenters. The lowest BCUT2D eigenvalue weighted by atomic mass is 10.2. The first kappa shape index (κ1) is 9.16. The SMILES string of the molecule is COCc1cc(Cl)cnc1C=O. The van der Waals surface area contributed by atoms with Crippen LogP contribution in [0.1, 0.15) is 16.1 Å². The molecular weight excluding hydrogens is 178 g/mol. The Morgan fingerprint density at radius 1 is 1.75 bits per heavy atom. The van der Waals surface area contributed by atoms with E-state index in [0.29, 0.717) is 29.2 Å². The van der Waals surface area contributed by atoms with Crippen molar-refractivity contribution >= 4 is 17.9 Å². The molecule has 64 valence electrons. The molecule has 0 aliphatic rings. The van der Waals surface area contributed by atoms with Crippen molar-refractivity contribution in [2.24, 2.45) is 0 Å². The number of methoxy groups -OCH3 is 1. The average molecular weight is 186 g/mol. The number of aromatic nitrogens is 1. The number of carbonyl (C=O) groups excluding carboxylic acids is 1. The van der Waals surface area contributed by atoms with Crippen molar-refractivity contribution in [1.29, 1.82) is 0 Å². The summed E-state index contributed by atoms with van der Waals surface area (Å²) in [5, 5.41) is 0.507. The van der Waals surface area contributed by atoms with E-state index in [1.807, 2.05) is 0 Å². The molecule has 4 heteroatoms. The molecule has 1 heterocycles. The van der Waals surface area contributed by atoms with Gasteiger partial charge in [0.05, 0.1) is 11.6 Å². The number of ether oxygens (including phenoxy) is 1. The van der Waals surface area contributed by atoms with Crippen molar-refractivity contribution in [3.05, 3.63) is 28.5 Å². The van der Waals surface area contributed by atoms with Crippen LogP contribution in [-0.2, 0) is 11.3 Å². The fraction of sp³-hybridized carbons (Fsp3) is 0.250. The van der Waals surface area contributed by atoms with Crippen molar-refractivity contribution in [3.63, 3.8) is 0 Å².